The van der Waals surface area contributed by atoms with Gasteiger partial charge in [0.2, 0.25) is 0 Å². The Labute approximate surface area is 164 Å². The van der Waals surface area contributed by atoms with Crippen LogP contribution in [0, 0.1) is 27.7 Å². The smallest absolute Gasteiger partial charge is 0.338 e. The third kappa shape index (κ3) is 4.28. The molecule has 0 fully saturated rings. The van der Waals surface area contributed by atoms with Crippen LogP contribution in [0.25, 0.3) is 5.69 Å². The Hall–Kier alpha value is -3.41. The van der Waals surface area contributed by atoms with Crippen molar-refractivity contribution in [3.05, 3.63) is 76.6 Å². The number of nitrogens with one attached hydrogen (secondary N) is 1. The van der Waals surface area contributed by atoms with E-state index in [1.165, 1.54) is 0 Å². The normalized spacial score (nSPS) is 10.6. The van der Waals surface area contributed by atoms with E-state index in [4.69, 9.17) is 4.74 Å². The Bertz CT molecular complexity index is 1000. The van der Waals surface area contributed by atoms with Gasteiger partial charge in [0.05, 0.1) is 28.3 Å². The number of carbonyl (C=O) groups is 2. The fourth-order valence-electron chi connectivity index (χ4n) is 3.13. The van der Waals surface area contributed by atoms with Crippen LogP contribution >= 0.6 is 0 Å². The first-order valence-electron chi connectivity index (χ1n) is 9.02. The third-order valence-electron chi connectivity index (χ3n) is 4.35. The standard InChI is InChI=1S/C22H23N3O3/c1-14-10-15(2)12-18(11-14)22(27)28-13-20(26)23-21-16(3)24-25(17(21)4)19-8-6-5-7-9-19/h5-12H,13H2,1-4H3,(H,23,26). The Morgan fingerprint density at radius 1 is 1.00 bits per heavy atom. The maximum atomic E-state index is 12.3. The molecule has 0 saturated heterocycles. The zero-order valence-electron chi connectivity index (χ0n) is 16.4. The van der Waals surface area contributed by atoms with Gasteiger partial charge in [-0.05, 0) is 52.0 Å². The number of rotatable bonds is 5. The van der Waals surface area contributed by atoms with Crippen molar-refractivity contribution in [3.8, 4) is 5.69 Å². The predicted molar refractivity (Wildman–Crippen MR) is 108 cm³/mol. The molecule has 0 saturated carbocycles. The monoisotopic (exact) mass is 377 g/mol. The number of ether oxygens (including phenoxy) is 1. The molecule has 0 unspecified atom stereocenters. The first-order chi connectivity index (χ1) is 13.3. The summed E-state index contributed by atoms with van der Waals surface area (Å²) in [7, 11) is 0. The van der Waals surface area contributed by atoms with Gasteiger partial charge in [0.1, 0.15) is 0 Å². The summed E-state index contributed by atoms with van der Waals surface area (Å²) in [6.07, 6.45) is 0. The summed E-state index contributed by atoms with van der Waals surface area (Å²) >= 11 is 0. The number of aromatic nitrogens is 2. The number of carbonyl (C=O) groups excluding carboxylic acids is 2. The van der Waals surface area contributed by atoms with Gasteiger partial charge in [-0.2, -0.15) is 5.10 Å². The van der Waals surface area contributed by atoms with Crippen LogP contribution in [0.3, 0.4) is 0 Å². The number of anilines is 1. The molecule has 3 rings (SSSR count). The second kappa shape index (κ2) is 8.08. The molecule has 1 amide bonds. The minimum absolute atomic E-state index is 0.360. The average Bonchev–Trinajstić information content (AvgIpc) is 2.94. The van der Waals surface area contributed by atoms with Gasteiger partial charge in [-0.25, -0.2) is 9.48 Å². The highest BCUT2D eigenvalue weighted by Crippen LogP contribution is 2.22. The number of nitrogens with zero attached hydrogens (tertiary/aromatic N) is 2. The van der Waals surface area contributed by atoms with E-state index in [0.29, 0.717) is 16.9 Å². The lowest BCUT2D eigenvalue weighted by Crippen LogP contribution is -2.21. The molecule has 3 aromatic rings. The molecule has 0 aliphatic carbocycles. The number of hydrogen-bond acceptors (Lipinski definition) is 4. The maximum Gasteiger partial charge on any atom is 0.338 e. The largest absolute Gasteiger partial charge is 0.452 e. The number of esters is 1. The molecule has 6 nitrogen and oxygen atoms in total. The minimum atomic E-state index is -0.518. The number of aryl methyl sites for hydroxylation is 3. The van der Waals surface area contributed by atoms with Crippen LogP contribution in [0.4, 0.5) is 5.69 Å². The molecule has 1 heterocycles. The van der Waals surface area contributed by atoms with Gasteiger partial charge in [-0.3, -0.25) is 4.79 Å². The summed E-state index contributed by atoms with van der Waals surface area (Å²) in [5.41, 5.74) is 5.40. The summed E-state index contributed by atoms with van der Waals surface area (Å²) in [6.45, 7) is 7.16. The Kier molecular flexibility index (Phi) is 5.59. The molecule has 2 aromatic carbocycles. The summed E-state index contributed by atoms with van der Waals surface area (Å²) in [5, 5.41) is 7.29. The van der Waals surface area contributed by atoms with Gasteiger partial charge >= 0.3 is 5.97 Å². The second-order valence-electron chi connectivity index (χ2n) is 6.79. The molecule has 28 heavy (non-hydrogen) atoms. The molecule has 0 aliphatic heterocycles. The fourth-order valence-corrected chi connectivity index (χ4v) is 3.13. The van der Waals surface area contributed by atoms with E-state index in [1.54, 1.807) is 16.8 Å². The molecule has 1 N–H and O–H groups in total. The van der Waals surface area contributed by atoms with Crippen LogP contribution in [0.1, 0.15) is 32.9 Å². The van der Waals surface area contributed by atoms with Crippen molar-refractivity contribution < 1.29 is 14.3 Å². The first-order valence-corrected chi connectivity index (χ1v) is 9.02. The lowest BCUT2D eigenvalue weighted by Gasteiger charge is -2.09. The van der Waals surface area contributed by atoms with Crippen molar-refractivity contribution in [2.45, 2.75) is 27.7 Å². The summed E-state index contributed by atoms with van der Waals surface area (Å²) in [5.74, 6) is -0.924. The zero-order chi connectivity index (χ0) is 20.3. The Morgan fingerprint density at radius 2 is 1.64 bits per heavy atom. The molecule has 0 aliphatic rings. The number of amides is 1. The van der Waals surface area contributed by atoms with E-state index in [0.717, 1.165) is 22.5 Å². The van der Waals surface area contributed by atoms with Gasteiger partial charge in [-0.15, -0.1) is 0 Å². The van der Waals surface area contributed by atoms with E-state index >= 15 is 0 Å². The van der Waals surface area contributed by atoms with Crippen molar-refractivity contribution in [1.82, 2.24) is 9.78 Å². The molecule has 0 radical (unpaired) electrons. The second-order valence-corrected chi connectivity index (χ2v) is 6.79. The lowest BCUT2D eigenvalue weighted by atomic mass is 10.1. The first kappa shape index (κ1) is 19.4. The minimum Gasteiger partial charge on any atom is -0.452 e. The molecule has 0 atom stereocenters. The summed E-state index contributed by atoms with van der Waals surface area (Å²) in [6, 6.07) is 15.1. The predicted octanol–water partition coefficient (Wildman–Crippen LogP) is 3.90. The van der Waals surface area contributed by atoms with Gasteiger partial charge in [-0.1, -0.05) is 35.4 Å². The van der Waals surface area contributed by atoms with Gasteiger partial charge in [0.25, 0.3) is 5.91 Å². The van der Waals surface area contributed by atoms with Gasteiger partial charge < -0.3 is 10.1 Å². The highest BCUT2D eigenvalue weighted by Gasteiger charge is 2.17. The van der Waals surface area contributed by atoms with Crippen LogP contribution in [0.5, 0.6) is 0 Å². The zero-order valence-corrected chi connectivity index (χ0v) is 16.4. The topological polar surface area (TPSA) is 73.2 Å². The van der Waals surface area contributed by atoms with Crippen molar-refractivity contribution in [2.24, 2.45) is 0 Å². The maximum absolute atomic E-state index is 12.3. The molecular formula is C22H23N3O3. The number of para-hydroxylation sites is 1. The van der Waals surface area contributed by atoms with Crippen molar-refractivity contribution in [1.29, 1.82) is 0 Å². The van der Waals surface area contributed by atoms with Crippen LogP contribution in [0.15, 0.2) is 48.5 Å². The summed E-state index contributed by atoms with van der Waals surface area (Å²) < 4.78 is 6.94. The molecule has 1 aromatic heterocycles. The molecule has 6 heteroatoms. The van der Waals surface area contributed by atoms with Gasteiger partial charge in [0.15, 0.2) is 6.61 Å². The van der Waals surface area contributed by atoms with E-state index in [1.807, 2.05) is 64.1 Å². The fraction of sp³-hybridized carbons (Fsp3) is 0.227. The van der Waals surface area contributed by atoms with E-state index in [-0.39, 0.29) is 6.61 Å². The van der Waals surface area contributed by atoms with Crippen LogP contribution in [0.2, 0.25) is 0 Å². The highest BCUT2D eigenvalue weighted by atomic mass is 16.5. The van der Waals surface area contributed by atoms with Crippen molar-refractivity contribution in [2.75, 3.05) is 11.9 Å². The number of hydrogen-bond donors (Lipinski definition) is 1. The average molecular weight is 377 g/mol. The van der Waals surface area contributed by atoms with E-state index < -0.39 is 11.9 Å². The van der Waals surface area contributed by atoms with Gasteiger partial charge in [0, 0.05) is 0 Å². The van der Waals surface area contributed by atoms with E-state index in [2.05, 4.69) is 10.4 Å². The number of benzene rings is 2. The molecule has 0 bridgehead atoms. The van der Waals surface area contributed by atoms with Crippen molar-refractivity contribution >= 4 is 17.6 Å². The van der Waals surface area contributed by atoms with Crippen LogP contribution in [-0.2, 0) is 9.53 Å². The van der Waals surface area contributed by atoms with Crippen LogP contribution in [-0.4, -0.2) is 28.3 Å². The highest BCUT2D eigenvalue weighted by molar-refractivity contribution is 5.96. The summed E-state index contributed by atoms with van der Waals surface area (Å²) in [4.78, 5) is 24.5. The van der Waals surface area contributed by atoms with Crippen LogP contribution < -0.4 is 5.32 Å². The Balaban J connectivity index is 1.67. The van der Waals surface area contributed by atoms with E-state index in [9.17, 15) is 9.59 Å². The molecular weight excluding hydrogens is 354 g/mol. The van der Waals surface area contributed by atoms with Crippen molar-refractivity contribution in [3.63, 3.8) is 0 Å². The lowest BCUT2D eigenvalue weighted by molar-refractivity contribution is -0.119. The molecule has 0 spiro atoms. The Morgan fingerprint density at radius 3 is 2.29 bits per heavy atom. The third-order valence-corrected chi connectivity index (χ3v) is 4.35. The molecule has 144 valence electrons. The quantitative estimate of drug-likeness (QED) is 0.685. The SMILES string of the molecule is Cc1cc(C)cc(C(=O)OCC(=O)Nc2c(C)nn(-c3ccccc3)c2C)c1.